The van der Waals surface area contributed by atoms with Crippen molar-refractivity contribution in [3.63, 3.8) is 0 Å². The molecule has 2 aromatic carbocycles. The standard InChI is InChI=1S/C28H38N2O5/c1-20(2)17-24(30(6)27(33)34-19-22-15-11-8-12-16-22)25(31)29-23(26(32)35-28(3,4)5)18-21-13-9-7-10-14-21/h7-16,20,23-24H,17-19H2,1-6H3,(H,29,31)/t23-,24-/m0/s1. The SMILES string of the molecule is CC(C)C[C@@H](C(=O)N[C@@H](Cc1ccccc1)C(=O)OC(C)(C)C)N(C)C(=O)OCc1ccccc1. The van der Waals surface area contributed by atoms with Gasteiger partial charge in [-0.2, -0.15) is 0 Å². The number of esters is 1. The van der Waals surface area contributed by atoms with Crippen LogP contribution in [0.15, 0.2) is 60.7 Å². The first-order chi connectivity index (χ1) is 16.5. The number of hydrogen-bond acceptors (Lipinski definition) is 5. The molecule has 190 valence electrons. The topological polar surface area (TPSA) is 84.9 Å². The van der Waals surface area contributed by atoms with Crippen molar-refractivity contribution in [1.29, 1.82) is 0 Å². The van der Waals surface area contributed by atoms with Crippen LogP contribution in [-0.4, -0.2) is 47.6 Å². The Morgan fingerprint density at radius 2 is 1.46 bits per heavy atom. The van der Waals surface area contributed by atoms with E-state index in [9.17, 15) is 14.4 Å². The van der Waals surface area contributed by atoms with Crippen LogP contribution in [0.5, 0.6) is 0 Å². The predicted molar refractivity (Wildman–Crippen MR) is 136 cm³/mol. The predicted octanol–water partition coefficient (Wildman–Crippen LogP) is 4.74. The third kappa shape index (κ3) is 9.81. The molecular formula is C28H38N2O5. The second-order valence-corrected chi connectivity index (χ2v) is 10.1. The van der Waals surface area contributed by atoms with Gasteiger partial charge in [-0.05, 0) is 44.2 Å². The van der Waals surface area contributed by atoms with Gasteiger partial charge in [-0.15, -0.1) is 0 Å². The molecule has 35 heavy (non-hydrogen) atoms. The maximum Gasteiger partial charge on any atom is 0.410 e. The van der Waals surface area contributed by atoms with Crippen LogP contribution in [0.3, 0.4) is 0 Å². The zero-order valence-electron chi connectivity index (χ0n) is 21.6. The van der Waals surface area contributed by atoms with Gasteiger partial charge in [-0.3, -0.25) is 9.69 Å². The molecule has 0 heterocycles. The van der Waals surface area contributed by atoms with Crippen LogP contribution in [-0.2, 0) is 32.1 Å². The zero-order valence-corrected chi connectivity index (χ0v) is 21.6. The zero-order chi connectivity index (χ0) is 26.0. The van der Waals surface area contributed by atoms with Crippen molar-refractivity contribution >= 4 is 18.0 Å². The van der Waals surface area contributed by atoms with Crippen molar-refractivity contribution in [2.24, 2.45) is 5.92 Å². The highest BCUT2D eigenvalue weighted by molar-refractivity contribution is 5.89. The molecule has 0 aliphatic carbocycles. The monoisotopic (exact) mass is 482 g/mol. The molecule has 1 N–H and O–H groups in total. The van der Waals surface area contributed by atoms with Crippen LogP contribution in [0.1, 0.15) is 52.2 Å². The van der Waals surface area contributed by atoms with Gasteiger partial charge in [-0.1, -0.05) is 74.5 Å². The third-order valence-electron chi connectivity index (χ3n) is 5.25. The lowest BCUT2D eigenvalue weighted by Crippen LogP contribution is -2.54. The Morgan fingerprint density at radius 1 is 0.914 bits per heavy atom. The molecule has 0 saturated heterocycles. The third-order valence-corrected chi connectivity index (χ3v) is 5.25. The fraction of sp³-hybridized carbons (Fsp3) is 0.464. The number of nitrogens with one attached hydrogen (secondary N) is 1. The molecule has 2 amide bonds. The van der Waals surface area contributed by atoms with E-state index in [0.29, 0.717) is 6.42 Å². The van der Waals surface area contributed by atoms with E-state index >= 15 is 0 Å². The average Bonchev–Trinajstić information content (AvgIpc) is 2.80. The van der Waals surface area contributed by atoms with Crippen molar-refractivity contribution < 1.29 is 23.9 Å². The molecule has 0 aliphatic heterocycles. The molecule has 2 rings (SSSR count). The Morgan fingerprint density at radius 3 is 1.97 bits per heavy atom. The maximum absolute atomic E-state index is 13.4. The molecule has 0 unspecified atom stereocenters. The summed E-state index contributed by atoms with van der Waals surface area (Å²) in [6.45, 7) is 9.39. The molecule has 0 saturated carbocycles. The summed E-state index contributed by atoms with van der Waals surface area (Å²) in [7, 11) is 1.54. The van der Waals surface area contributed by atoms with Crippen LogP contribution in [0.2, 0.25) is 0 Å². The smallest absolute Gasteiger partial charge is 0.410 e. The minimum Gasteiger partial charge on any atom is -0.458 e. The Labute approximate surface area is 208 Å². The number of amides is 2. The van der Waals surface area contributed by atoms with Gasteiger partial charge in [0.25, 0.3) is 0 Å². The quantitative estimate of drug-likeness (QED) is 0.495. The van der Waals surface area contributed by atoms with Crippen LogP contribution in [0, 0.1) is 5.92 Å². The van der Waals surface area contributed by atoms with Crippen molar-refractivity contribution in [2.45, 2.75) is 71.8 Å². The van der Waals surface area contributed by atoms with Crippen LogP contribution in [0.25, 0.3) is 0 Å². The summed E-state index contributed by atoms with van der Waals surface area (Å²) in [6, 6.07) is 17.1. The second-order valence-electron chi connectivity index (χ2n) is 10.1. The molecule has 0 bridgehead atoms. The van der Waals surface area contributed by atoms with Crippen molar-refractivity contribution in [2.75, 3.05) is 7.05 Å². The number of nitrogens with zero attached hydrogens (tertiary/aromatic N) is 1. The van der Waals surface area contributed by atoms with Gasteiger partial charge in [0.1, 0.15) is 24.3 Å². The Kier molecular flexibility index (Phi) is 10.3. The largest absolute Gasteiger partial charge is 0.458 e. The summed E-state index contributed by atoms with van der Waals surface area (Å²) >= 11 is 0. The molecule has 0 fully saturated rings. The first kappa shape index (κ1) is 27.9. The van der Waals surface area contributed by atoms with Crippen LogP contribution < -0.4 is 5.32 Å². The van der Waals surface area contributed by atoms with Gasteiger partial charge in [0.05, 0.1) is 0 Å². The van der Waals surface area contributed by atoms with Gasteiger partial charge >= 0.3 is 12.1 Å². The lowest BCUT2D eigenvalue weighted by Gasteiger charge is -2.30. The highest BCUT2D eigenvalue weighted by atomic mass is 16.6. The molecule has 7 nitrogen and oxygen atoms in total. The minimum absolute atomic E-state index is 0.106. The maximum atomic E-state index is 13.4. The fourth-order valence-electron chi connectivity index (χ4n) is 3.52. The number of carbonyl (C=O) groups is 3. The van der Waals surface area contributed by atoms with E-state index in [2.05, 4.69) is 5.32 Å². The van der Waals surface area contributed by atoms with Gasteiger partial charge < -0.3 is 14.8 Å². The van der Waals surface area contributed by atoms with E-state index in [1.54, 1.807) is 27.8 Å². The average molecular weight is 483 g/mol. The second kappa shape index (κ2) is 12.9. The van der Waals surface area contributed by atoms with E-state index in [-0.39, 0.29) is 18.9 Å². The van der Waals surface area contributed by atoms with E-state index in [1.807, 2.05) is 74.5 Å². The number of hydrogen-bond donors (Lipinski definition) is 1. The van der Waals surface area contributed by atoms with Gasteiger partial charge in [0, 0.05) is 13.5 Å². The molecule has 2 aromatic rings. The van der Waals surface area contributed by atoms with E-state index in [4.69, 9.17) is 9.47 Å². The van der Waals surface area contributed by atoms with E-state index < -0.39 is 35.7 Å². The van der Waals surface area contributed by atoms with Gasteiger partial charge in [-0.25, -0.2) is 9.59 Å². The summed E-state index contributed by atoms with van der Waals surface area (Å²) in [4.78, 5) is 40.4. The molecule has 0 aromatic heterocycles. The Bertz CT molecular complexity index is 954. The highest BCUT2D eigenvalue weighted by Crippen LogP contribution is 2.16. The number of likely N-dealkylation sites (N-methyl/N-ethyl adjacent to an activating group) is 1. The summed E-state index contributed by atoms with van der Waals surface area (Å²) in [5, 5.41) is 2.84. The number of carbonyl (C=O) groups excluding carboxylic acids is 3. The molecular weight excluding hydrogens is 444 g/mol. The number of benzene rings is 2. The van der Waals surface area contributed by atoms with Crippen LogP contribution >= 0.6 is 0 Å². The number of rotatable bonds is 10. The molecule has 0 radical (unpaired) electrons. The Hall–Kier alpha value is -3.35. The summed E-state index contributed by atoms with van der Waals surface area (Å²) < 4.78 is 11.0. The first-order valence-corrected chi connectivity index (χ1v) is 12.0. The van der Waals surface area contributed by atoms with Crippen molar-refractivity contribution in [3.05, 3.63) is 71.8 Å². The summed E-state index contributed by atoms with van der Waals surface area (Å²) in [5.74, 6) is -0.818. The lowest BCUT2D eigenvalue weighted by molar-refractivity contribution is -0.158. The number of ether oxygens (including phenoxy) is 2. The highest BCUT2D eigenvalue weighted by Gasteiger charge is 2.33. The van der Waals surface area contributed by atoms with Crippen molar-refractivity contribution in [3.8, 4) is 0 Å². The normalized spacial score (nSPS) is 13.0. The Balaban J connectivity index is 2.17. The molecule has 7 heteroatoms. The van der Waals surface area contributed by atoms with Crippen molar-refractivity contribution in [1.82, 2.24) is 10.2 Å². The van der Waals surface area contributed by atoms with Gasteiger partial charge in [0.15, 0.2) is 0 Å². The van der Waals surface area contributed by atoms with E-state index in [1.165, 1.54) is 4.90 Å². The molecule has 0 aliphatic rings. The molecule has 2 atom stereocenters. The van der Waals surface area contributed by atoms with Gasteiger partial charge in [0.2, 0.25) is 5.91 Å². The minimum atomic E-state index is -0.896. The lowest BCUT2D eigenvalue weighted by atomic mass is 10.0. The van der Waals surface area contributed by atoms with E-state index in [0.717, 1.165) is 11.1 Å². The fourth-order valence-corrected chi connectivity index (χ4v) is 3.52. The van der Waals surface area contributed by atoms with Crippen LogP contribution in [0.4, 0.5) is 4.79 Å². The first-order valence-electron chi connectivity index (χ1n) is 12.0. The summed E-state index contributed by atoms with van der Waals surface area (Å²) in [5.41, 5.74) is 1.04. The summed E-state index contributed by atoms with van der Waals surface area (Å²) in [6.07, 6.45) is 0.0826. The molecule has 0 spiro atoms.